The average molecular weight is 612 g/mol. The zero-order valence-electron chi connectivity index (χ0n) is 25.3. The van der Waals surface area contributed by atoms with E-state index >= 15 is 0 Å². The van der Waals surface area contributed by atoms with Crippen molar-refractivity contribution < 1.29 is 36.6 Å². The van der Waals surface area contributed by atoms with E-state index in [4.69, 9.17) is 0 Å². The molecular formula is C32H42F5N3O3. The minimum absolute atomic E-state index is 0.108. The summed E-state index contributed by atoms with van der Waals surface area (Å²) in [6, 6.07) is 9.56. The van der Waals surface area contributed by atoms with Gasteiger partial charge < -0.3 is 20.6 Å². The van der Waals surface area contributed by atoms with Gasteiger partial charge in [-0.25, -0.2) is 8.78 Å². The Morgan fingerprint density at radius 3 is 2.26 bits per heavy atom. The summed E-state index contributed by atoms with van der Waals surface area (Å²) in [5.41, 5.74) is 4.76. The number of rotatable bonds is 8. The minimum Gasteiger partial charge on any atom is -0.396 e. The first-order valence-corrected chi connectivity index (χ1v) is 14.6. The largest absolute Gasteiger partial charge is 0.416 e. The molecule has 5 unspecified atom stereocenters. The Hall–Kier alpha value is -3.05. The molecule has 0 saturated carbocycles. The van der Waals surface area contributed by atoms with Crippen molar-refractivity contribution in [3.8, 4) is 0 Å². The quantitative estimate of drug-likeness (QED) is 0.358. The fraction of sp³-hybridized carbons (Fsp3) is 0.562. The summed E-state index contributed by atoms with van der Waals surface area (Å²) in [4.78, 5) is 30.1. The molecule has 2 saturated heterocycles. The molecule has 2 aliphatic rings. The highest BCUT2D eigenvalue weighted by Gasteiger charge is 2.49. The SMILES string of the molecule is CN.Cc1ccccc1C1C2CC(CO)C(=O)N2CCN1C(=O)CCC(C)C(C)c1cc(C(C)(F)F)cc(C(F)(F)F)c1. The van der Waals surface area contributed by atoms with Crippen molar-refractivity contribution in [1.29, 1.82) is 0 Å². The van der Waals surface area contributed by atoms with Crippen LogP contribution < -0.4 is 5.73 Å². The number of carbonyl (C=O) groups is 2. The van der Waals surface area contributed by atoms with E-state index in [0.29, 0.717) is 38.9 Å². The number of hydrogen-bond donors (Lipinski definition) is 2. The van der Waals surface area contributed by atoms with Gasteiger partial charge in [-0.15, -0.1) is 0 Å². The molecule has 4 rings (SSSR count). The highest BCUT2D eigenvalue weighted by molar-refractivity contribution is 5.83. The molecule has 43 heavy (non-hydrogen) atoms. The van der Waals surface area contributed by atoms with E-state index in [-0.39, 0.29) is 48.4 Å². The van der Waals surface area contributed by atoms with Crippen LogP contribution in [0.2, 0.25) is 0 Å². The van der Waals surface area contributed by atoms with Crippen molar-refractivity contribution in [2.45, 2.75) is 77.1 Å². The van der Waals surface area contributed by atoms with Crippen LogP contribution in [-0.2, 0) is 21.7 Å². The number of aryl methyl sites for hydroxylation is 1. The Balaban J connectivity index is 0.00000248. The van der Waals surface area contributed by atoms with Gasteiger partial charge in [0.15, 0.2) is 0 Å². The maximum Gasteiger partial charge on any atom is 0.416 e. The van der Waals surface area contributed by atoms with Crippen LogP contribution >= 0.6 is 0 Å². The van der Waals surface area contributed by atoms with Crippen LogP contribution in [0, 0.1) is 18.8 Å². The molecule has 5 atom stereocenters. The summed E-state index contributed by atoms with van der Waals surface area (Å²) in [5, 5.41) is 9.75. The number of nitrogens with zero attached hydrogens (tertiary/aromatic N) is 2. The van der Waals surface area contributed by atoms with E-state index in [1.807, 2.05) is 31.2 Å². The van der Waals surface area contributed by atoms with Crippen LogP contribution in [0.25, 0.3) is 0 Å². The molecule has 2 amide bonds. The lowest BCUT2D eigenvalue weighted by Crippen LogP contribution is -2.55. The van der Waals surface area contributed by atoms with E-state index in [9.17, 15) is 36.6 Å². The highest BCUT2D eigenvalue weighted by atomic mass is 19.4. The van der Waals surface area contributed by atoms with Gasteiger partial charge in [0.25, 0.3) is 5.92 Å². The summed E-state index contributed by atoms with van der Waals surface area (Å²) < 4.78 is 68.6. The topological polar surface area (TPSA) is 86.9 Å². The molecule has 3 N–H and O–H groups in total. The van der Waals surface area contributed by atoms with Gasteiger partial charge in [-0.2, -0.15) is 13.2 Å². The molecule has 2 heterocycles. The summed E-state index contributed by atoms with van der Waals surface area (Å²) >= 11 is 0. The maximum absolute atomic E-state index is 14.0. The Bertz CT molecular complexity index is 1250. The molecule has 0 aromatic heterocycles. The fourth-order valence-electron chi connectivity index (χ4n) is 6.19. The van der Waals surface area contributed by atoms with Gasteiger partial charge in [-0.05, 0) is 73.5 Å². The Labute approximate surface area is 250 Å². The first-order valence-electron chi connectivity index (χ1n) is 14.6. The molecule has 2 fully saturated rings. The van der Waals surface area contributed by atoms with Crippen molar-refractivity contribution >= 4 is 11.8 Å². The standard InChI is InChI=1S/C31H37F5N2O3.CH5N/c1-18(20(3)21-13-23(30(4,32)33)16-24(14-21)31(34,35)36)9-10-27(40)38-12-11-37-26(15-22(17-39)29(37)41)28(38)25-8-6-5-7-19(25)2;1-2/h5-8,13-14,16,18,20,22,26,28,39H,9-12,15,17H2,1-4H3;2H2,1H3. The van der Waals surface area contributed by atoms with Crippen LogP contribution in [0.3, 0.4) is 0 Å². The van der Waals surface area contributed by atoms with Gasteiger partial charge in [0, 0.05) is 32.0 Å². The Kier molecular flexibility index (Phi) is 11.0. The number of amides is 2. The van der Waals surface area contributed by atoms with Gasteiger partial charge in [0.2, 0.25) is 11.8 Å². The highest BCUT2D eigenvalue weighted by Crippen LogP contribution is 2.42. The number of halogens is 5. The molecule has 2 aromatic carbocycles. The van der Waals surface area contributed by atoms with Gasteiger partial charge in [-0.3, -0.25) is 9.59 Å². The van der Waals surface area contributed by atoms with Gasteiger partial charge in [-0.1, -0.05) is 38.1 Å². The number of benzene rings is 2. The van der Waals surface area contributed by atoms with Crippen LogP contribution in [0.15, 0.2) is 42.5 Å². The third kappa shape index (κ3) is 7.55. The molecule has 0 radical (unpaired) electrons. The molecule has 0 spiro atoms. The monoisotopic (exact) mass is 611 g/mol. The second-order valence-electron chi connectivity index (χ2n) is 11.6. The van der Waals surface area contributed by atoms with E-state index in [0.717, 1.165) is 23.3 Å². The summed E-state index contributed by atoms with van der Waals surface area (Å²) in [6.45, 7) is 6.45. The van der Waals surface area contributed by atoms with Gasteiger partial charge in [0.05, 0.1) is 30.2 Å². The number of aliphatic hydroxyl groups excluding tert-OH is 1. The van der Waals surface area contributed by atoms with Crippen molar-refractivity contribution in [2.75, 3.05) is 26.7 Å². The smallest absolute Gasteiger partial charge is 0.396 e. The van der Waals surface area contributed by atoms with Crippen molar-refractivity contribution in [1.82, 2.24) is 9.80 Å². The molecule has 11 heteroatoms. The number of aliphatic hydroxyl groups is 1. The first-order chi connectivity index (χ1) is 20.1. The molecular weight excluding hydrogens is 569 g/mol. The molecule has 0 aliphatic carbocycles. The summed E-state index contributed by atoms with van der Waals surface area (Å²) in [5.74, 6) is -4.96. The Morgan fingerprint density at radius 1 is 1.05 bits per heavy atom. The van der Waals surface area contributed by atoms with Crippen molar-refractivity contribution in [3.63, 3.8) is 0 Å². The molecule has 6 nitrogen and oxygen atoms in total. The lowest BCUT2D eigenvalue weighted by Gasteiger charge is -2.45. The zero-order chi connectivity index (χ0) is 32.3. The number of hydrogen-bond acceptors (Lipinski definition) is 4. The van der Waals surface area contributed by atoms with Crippen LogP contribution in [0.4, 0.5) is 22.0 Å². The number of carbonyl (C=O) groups excluding carboxylic acids is 2. The molecule has 0 bridgehead atoms. The Morgan fingerprint density at radius 2 is 1.67 bits per heavy atom. The third-order valence-corrected chi connectivity index (χ3v) is 8.87. The van der Waals surface area contributed by atoms with Crippen LogP contribution in [0.1, 0.15) is 79.8 Å². The molecule has 2 aromatic rings. The predicted molar refractivity (Wildman–Crippen MR) is 154 cm³/mol. The van der Waals surface area contributed by atoms with Crippen LogP contribution in [-0.4, -0.2) is 59.5 Å². The second-order valence-corrected chi connectivity index (χ2v) is 11.6. The number of nitrogens with two attached hydrogens (primary N) is 1. The number of piperazine rings is 1. The van der Waals surface area contributed by atoms with Crippen molar-refractivity contribution in [2.24, 2.45) is 17.6 Å². The first kappa shape index (κ1) is 34.4. The average Bonchev–Trinajstić information content (AvgIpc) is 3.30. The van der Waals surface area contributed by atoms with E-state index in [1.54, 1.807) is 23.6 Å². The summed E-state index contributed by atoms with van der Waals surface area (Å²) in [6.07, 6.45) is -3.87. The van der Waals surface area contributed by atoms with Crippen molar-refractivity contribution in [3.05, 3.63) is 70.3 Å². The summed E-state index contributed by atoms with van der Waals surface area (Å²) in [7, 11) is 1.50. The molecule has 2 aliphatic heterocycles. The van der Waals surface area contributed by atoms with E-state index in [2.05, 4.69) is 5.73 Å². The predicted octanol–water partition coefficient (Wildman–Crippen LogP) is 6.01. The maximum atomic E-state index is 14.0. The second kappa shape index (κ2) is 13.7. The fourth-order valence-corrected chi connectivity index (χ4v) is 6.19. The van der Waals surface area contributed by atoms with E-state index in [1.165, 1.54) is 7.05 Å². The van der Waals surface area contributed by atoms with Gasteiger partial charge in [0.1, 0.15) is 0 Å². The van der Waals surface area contributed by atoms with Crippen LogP contribution in [0.5, 0.6) is 0 Å². The van der Waals surface area contributed by atoms with Gasteiger partial charge >= 0.3 is 6.18 Å². The van der Waals surface area contributed by atoms with E-state index < -0.39 is 35.1 Å². The lowest BCUT2D eigenvalue weighted by atomic mass is 9.83. The minimum atomic E-state index is -4.77. The zero-order valence-corrected chi connectivity index (χ0v) is 25.3. The number of alkyl halides is 5. The molecule has 238 valence electrons. The third-order valence-electron chi connectivity index (χ3n) is 8.87. The number of fused-ring (bicyclic) bond motifs is 1. The lowest BCUT2D eigenvalue weighted by molar-refractivity contribution is -0.144. The normalized spacial score (nSPS) is 22.0.